The number of rotatable bonds is 0. The molecule has 0 N–H and O–H groups in total. The van der Waals surface area contributed by atoms with Crippen LogP contribution in [0.5, 0.6) is 0 Å². The SMILES string of the molecule is C#CC1(C)COP(C)(=O)OC1. The highest BCUT2D eigenvalue weighted by Crippen LogP contribution is 2.49. The van der Waals surface area contributed by atoms with E-state index in [9.17, 15) is 4.57 Å². The minimum Gasteiger partial charge on any atom is -0.307 e. The summed E-state index contributed by atoms with van der Waals surface area (Å²) in [4.78, 5) is 0. The topological polar surface area (TPSA) is 35.5 Å². The fraction of sp³-hybridized carbons (Fsp3) is 0.714. The summed E-state index contributed by atoms with van der Waals surface area (Å²) >= 11 is 0. The van der Waals surface area contributed by atoms with Crippen LogP contribution in [0.15, 0.2) is 0 Å². The normalized spacial score (nSPS) is 44.8. The molecule has 0 spiro atoms. The molecule has 3 nitrogen and oxygen atoms in total. The van der Waals surface area contributed by atoms with Crippen molar-refractivity contribution in [3.05, 3.63) is 0 Å². The Labute approximate surface area is 66.6 Å². The van der Waals surface area contributed by atoms with Gasteiger partial charge in [-0.2, -0.15) is 0 Å². The Morgan fingerprint density at radius 2 is 2.00 bits per heavy atom. The monoisotopic (exact) mass is 174 g/mol. The van der Waals surface area contributed by atoms with Crippen LogP contribution in [0.4, 0.5) is 0 Å². The molecule has 0 aromatic carbocycles. The van der Waals surface area contributed by atoms with Gasteiger partial charge >= 0.3 is 7.60 Å². The third-order valence-corrected chi connectivity index (χ3v) is 2.78. The Kier molecular flexibility index (Phi) is 2.11. The van der Waals surface area contributed by atoms with Crippen LogP contribution in [-0.2, 0) is 13.6 Å². The maximum absolute atomic E-state index is 11.1. The van der Waals surface area contributed by atoms with Crippen molar-refractivity contribution in [1.82, 2.24) is 0 Å². The summed E-state index contributed by atoms with van der Waals surface area (Å²) in [5.74, 6) is 2.55. The molecular formula is C7H11O3P. The van der Waals surface area contributed by atoms with Gasteiger partial charge in [-0.15, -0.1) is 6.42 Å². The van der Waals surface area contributed by atoms with Gasteiger partial charge in [0.25, 0.3) is 0 Å². The molecule has 0 amide bonds. The molecule has 0 atom stereocenters. The lowest BCUT2D eigenvalue weighted by Gasteiger charge is -2.31. The smallest absolute Gasteiger partial charge is 0.307 e. The highest BCUT2D eigenvalue weighted by molar-refractivity contribution is 7.53. The molecule has 0 saturated carbocycles. The van der Waals surface area contributed by atoms with E-state index in [-0.39, 0.29) is 0 Å². The highest BCUT2D eigenvalue weighted by atomic mass is 31.2. The molecule has 1 rings (SSSR count). The highest BCUT2D eigenvalue weighted by Gasteiger charge is 2.34. The van der Waals surface area contributed by atoms with Crippen molar-refractivity contribution in [3.63, 3.8) is 0 Å². The van der Waals surface area contributed by atoms with E-state index in [1.807, 2.05) is 6.92 Å². The summed E-state index contributed by atoms with van der Waals surface area (Å²) in [6.07, 6.45) is 5.23. The van der Waals surface area contributed by atoms with E-state index < -0.39 is 13.0 Å². The molecule has 0 aromatic rings. The first-order valence-corrected chi connectivity index (χ1v) is 5.31. The standard InChI is InChI=1S/C7H11O3P/c1-4-7(2)5-9-11(3,8)10-6-7/h1H,5-6H2,2-3H3. The predicted molar refractivity (Wildman–Crippen MR) is 42.4 cm³/mol. The summed E-state index contributed by atoms with van der Waals surface area (Å²) < 4.78 is 21.0. The van der Waals surface area contributed by atoms with Gasteiger partial charge in [0.2, 0.25) is 0 Å². The molecule has 1 heterocycles. The van der Waals surface area contributed by atoms with Gasteiger partial charge in [0, 0.05) is 6.66 Å². The third kappa shape index (κ3) is 2.07. The van der Waals surface area contributed by atoms with Crippen molar-refractivity contribution in [2.75, 3.05) is 19.9 Å². The van der Waals surface area contributed by atoms with Crippen LogP contribution in [0.1, 0.15) is 6.92 Å². The van der Waals surface area contributed by atoms with E-state index in [2.05, 4.69) is 5.92 Å². The van der Waals surface area contributed by atoms with Crippen LogP contribution in [0.2, 0.25) is 0 Å². The van der Waals surface area contributed by atoms with Crippen LogP contribution < -0.4 is 0 Å². The average molecular weight is 174 g/mol. The van der Waals surface area contributed by atoms with Gasteiger partial charge in [0.05, 0.1) is 18.6 Å². The Bertz CT molecular complexity index is 229. The largest absolute Gasteiger partial charge is 0.327 e. The molecule has 0 aromatic heterocycles. The molecule has 62 valence electrons. The van der Waals surface area contributed by atoms with E-state index in [1.165, 1.54) is 6.66 Å². The summed E-state index contributed by atoms with van der Waals surface area (Å²) in [6, 6.07) is 0. The summed E-state index contributed by atoms with van der Waals surface area (Å²) in [7, 11) is -2.78. The van der Waals surface area contributed by atoms with E-state index in [1.54, 1.807) is 0 Å². The Morgan fingerprint density at radius 1 is 1.55 bits per heavy atom. The van der Waals surface area contributed by atoms with Gasteiger partial charge in [-0.1, -0.05) is 5.92 Å². The molecule has 1 aliphatic heterocycles. The average Bonchev–Trinajstić information content (AvgIpc) is 1.97. The molecular weight excluding hydrogens is 163 g/mol. The second-order valence-corrected chi connectivity index (χ2v) is 5.08. The number of hydrogen-bond donors (Lipinski definition) is 0. The van der Waals surface area contributed by atoms with Gasteiger partial charge in [0.1, 0.15) is 0 Å². The van der Waals surface area contributed by atoms with E-state index in [4.69, 9.17) is 15.5 Å². The quantitative estimate of drug-likeness (QED) is 0.412. The molecule has 0 aliphatic carbocycles. The lowest BCUT2D eigenvalue weighted by atomic mass is 9.95. The Balaban J connectivity index is 2.64. The van der Waals surface area contributed by atoms with Crippen molar-refractivity contribution in [2.45, 2.75) is 6.92 Å². The number of hydrogen-bond acceptors (Lipinski definition) is 3. The molecule has 4 heteroatoms. The lowest BCUT2D eigenvalue weighted by Crippen LogP contribution is -2.30. The zero-order valence-electron chi connectivity index (χ0n) is 6.66. The van der Waals surface area contributed by atoms with Crippen molar-refractivity contribution < 1.29 is 13.6 Å². The maximum atomic E-state index is 11.1. The van der Waals surface area contributed by atoms with Crippen LogP contribution in [-0.4, -0.2) is 19.9 Å². The minimum atomic E-state index is -2.78. The van der Waals surface area contributed by atoms with Gasteiger partial charge in [-0.05, 0) is 6.92 Å². The molecule has 0 radical (unpaired) electrons. The first-order chi connectivity index (χ1) is 4.97. The molecule has 11 heavy (non-hydrogen) atoms. The van der Waals surface area contributed by atoms with Gasteiger partial charge in [0.15, 0.2) is 0 Å². The van der Waals surface area contributed by atoms with Crippen molar-refractivity contribution in [2.24, 2.45) is 5.41 Å². The van der Waals surface area contributed by atoms with Crippen LogP contribution in [0, 0.1) is 17.8 Å². The second-order valence-electron chi connectivity index (χ2n) is 3.02. The number of terminal acetylenes is 1. The third-order valence-electron chi connectivity index (χ3n) is 1.58. The molecule has 1 saturated heterocycles. The van der Waals surface area contributed by atoms with E-state index in [0.29, 0.717) is 13.2 Å². The maximum Gasteiger partial charge on any atom is 0.327 e. The molecule has 0 unspecified atom stereocenters. The predicted octanol–water partition coefficient (Wildman–Crippen LogP) is 1.50. The van der Waals surface area contributed by atoms with Crippen molar-refractivity contribution in [3.8, 4) is 12.3 Å². The summed E-state index contributed by atoms with van der Waals surface area (Å²) in [5.41, 5.74) is -0.413. The lowest BCUT2D eigenvalue weighted by molar-refractivity contribution is 0.0678. The van der Waals surface area contributed by atoms with Crippen LogP contribution in [0.25, 0.3) is 0 Å². The van der Waals surface area contributed by atoms with Crippen LogP contribution in [0.3, 0.4) is 0 Å². The fourth-order valence-electron chi connectivity index (χ4n) is 0.682. The first-order valence-electron chi connectivity index (χ1n) is 3.32. The Morgan fingerprint density at radius 3 is 2.36 bits per heavy atom. The molecule has 1 fully saturated rings. The van der Waals surface area contributed by atoms with E-state index >= 15 is 0 Å². The zero-order valence-corrected chi connectivity index (χ0v) is 7.56. The summed E-state index contributed by atoms with van der Waals surface area (Å²) in [6.45, 7) is 3.92. The van der Waals surface area contributed by atoms with Gasteiger partial charge in [-0.25, -0.2) is 0 Å². The van der Waals surface area contributed by atoms with Gasteiger partial charge < -0.3 is 9.05 Å². The second kappa shape index (κ2) is 2.64. The zero-order chi connectivity index (χ0) is 8.54. The fourth-order valence-corrected chi connectivity index (χ4v) is 1.80. The molecule has 0 bridgehead atoms. The minimum absolute atomic E-state index is 0.317. The van der Waals surface area contributed by atoms with E-state index in [0.717, 1.165) is 0 Å². The van der Waals surface area contributed by atoms with Gasteiger partial charge in [-0.3, -0.25) is 4.57 Å². The Hall–Kier alpha value is -0.290. The molecule has 1 aliphatic rings. The summed E-state index contributed by atoms with van der Waals surface area (Å²) in [5, 5.41) is 0. The first kappa shape index (κ1) is 8.80. The van der Waals surface area contributed by atoms with Crippen LogP contribution >= 0.6 is 7.60 Å². The van der Waals surface area contributed by atoms with Crippen molar-refractivity contribution in [1.29, 1.82) is 0 Å². The van der Waals surface area contributed by atoms with Crippen molar-refractivity contribution >= 4 is 7.60 Å².